The molecule has 1 aliphatic rings. The quantitative estimate of drug-likeness (QED) is 0.357. The molecule has 0 aromatic carbocycles. The first-order chi connectivity index (χ1) is 8.24. The average molecular weight is 251 g/mol. The summed E-state index contributed by atoms with van der Waals surface area (Å²) < 4.78 is 0. The molecule has 1 heterocycles. The van der Waals surface area contributed by atoms with Gasteiger partial charge in [-0.25, -0.2) is 4.98 Å². The van der Waals surface area contributed by atoms with Crippen molar-refractivity contribution >= 4 is 17.5 Å². The maximum Gasteiger partial charge on any atom is 0.256 e. The van der Waals surface area contributed by atoms with Crippen molar-refractivity contribution in [2.45, 2.75) is 44.7 Å². The van der Waals surface area contributed by atoms with Gasteiger partial charge in [0.25, 0.3) is 5.88 Å². The van der Waals surface area contributed by atoms with E-state index < -0.39 is 0 Å². The summed E-state index contributed by atoms with van der Waals surface area (Å²) in [6.07, 6.45) is 6.02. The molecule has 0 amide bonds. The van der Waals surface area contributed by atoms with Crippen molar-refractivity contribution in [3.05, 3.63) is 11.3 Å². The molecule has 17 heavy (non-hydrogen) atoms. The van der Waals surface area contributed by atoms with Crippen LogP contribution in [-0.4, -0.2) is 21.9 Å². The first kappa shape index (κ1) is 12.4. The summed E-state index contributed by atoms with van der Waals surface area (Å²) in [7, 11) is 0. The lowest BCUT2D eigenvalue weighted by atomic mass is 10.2. The highest BCUT2D eigenvalue weighted by Gasteiger charge is 2.20. The largest absolute Gasteiger partial charge is 0.336 e. The average Bonchev–Trinajstić information content (AvgIpc) is 2.83. The van der Waals surface area contributed by atoms with E-state index in [9.17, 15) is 0 Å². The number of thioether (sulfide) groups is 1. The van der Waals surface area contributed by atoms with Crippen molar-refractivity contribution in [3.63, 3.8) is 0 Å². The van der Waals surface area contributed by atoms with Gasteiger partial charge in [-0.2, -0.15) is 4.98 Å². The van der Waals surface area contributed by atoms with E-state index in [2.05, 4.69) is 22.0 Å². The number of aromatic nitrogens is 2. The molecule has 0 unspecified atom stereocenters. The summed E-state index contributed by atoms with van der Waals surface area (Å²) in [5.74, 6) is 0.643. The number of nitrogens with zero attached hydrogens (tertiary/aromatic N) is 3. The second-order valence-corrected chi connectivity index (χ2v) is 4.84. The van der Waals surface area contributed by atoms with Crippen LogP contribution < -0.4 is 4.84 Å². The van der Waals surface area contributed by atoms with Crippen LogP contribution in [0.25, 0.3) is 0 Å². The molecule has 0 spiro atoms. The Kier molecular flexibility index (Phi) is 3.99. The predicted octanol–water partition coefficient (Wildman–Crippen LogP) is 2.85. The molecule has 0 aliphatic heterocycles. The second-order valence-electron chi connectivity index (χ2n) is 4.07. The molecule has 1 aliphatic carbocycles. The summed E-state index contributed by atoms with van der Waals surface area (Å²) in [4.78, 5) is 14.4. The summed E-state index contributed by atoms with van der Waals surface area (Å²) in [6, 6.07) is 0. The zero-order valence-electron chi connectivity index (χ0n) is 10.5. The summed E-state index contributed by atoms with van der Waals surface area (Å²) in [5, 5.41) is 4.85. The Labute approximate surface area is 106 Å². The molecule has 92 valence electrons. The fraction of sp³-hybridized carbons (Fsp3) is 0.583. The predicted molar refractivity (Wildman–Crippen MR) is 69.9 cm³/mol. The molecular weight excluding hydrogens is 234 g/mol. The van der Waals surface area contributed by atoms with Crippen molar-refractivity contribution < 1.29 is 4.84 Å². The van der Waals surface area contributed by atoms with Crippen molar-refractivity contribution in [1.82, 2.24) is 9.97 Å². The van der Waals surface area contributed by atoms with Gasteiger partial charge in [-0.3, -0.25) is 0 Å². The van der Waals surface area contributed by atoms with Crippen LogP contribution in [0, 0.1) is 0 Å². The number of hydrogen-bond acceptors (Lipinski definition) is 5. The smallest absolute Gasteiger partial charge is 0.256 e. The van der Waals surface area contributed by atoms with Crippen LogP contribution in [0.5, 0.6) is 5.88 Å². The molecule has 0 saturated carbocycles. The van der Waals surface area contributed by atoms with Gasteiger partial charge in [0.2, 0.25) is 0 Å². The molecule has 0 N–H and O–H groups in total. The molecule has 0 radical (unpaired) electrons. The van der Waals surface area contributed by atoms with E-state index in [-0.39, 0.29) is 0 Å². The molecule has 4 nitrogen and oxygen atoms in total. The highest BCUT2D eigenvalue weighted by Crippen LogP contribution is 2.29. The normalized spacial score (nSPS) is 14.9. The fourth-order valence-corrected chi connectivity index (χ4v) is 2.10. The van der Waals surface area contributed by atoms with Gasteiger partial charge >= 0.3 is 0 Å². The topological polar surface area (TPSA) is 47.4 Å². The van der Waals surface area contributed by atoms with Gasteiger partial charge in [-0.1, -0.05) is 23.8 Å². The van der Waals surface area contributed by atoms with Gasteiger partial charge in [0.15, 0.2) is 5.16 Å². The van der Waals surface area contributed by atoms with Crippen molar-refractivity contribution in [2.75, 3.05) is 6.26 Å². The van der Waals surface area contributed by atoms with Crippen LogP contribution in [0.3, 0.4) is 0 Å². The van der Waals surface area contributed by atoms with Crippen LogP contribution in [0.1, 0.15) is 37.9 Å². The standard InChI is InChI=1S/C12H17N3OS/c1-4-8(2)15-16-11-9-6-5-7-10(9)13-12(14-11)17-3/h4-7H2,1-3H3. The third kappa shape index (κ3) is 2.77. The molecule has 0 atom stereocenters. The minimum absolute atomic E-state index is 0.643. The first-order valence-corrected chi connectivity index (χ1v) is 7.11. The highest BCUT2D eigenvalue weighted by molar-refractivity contribution is 7.98. The van der Waals surface area contributed by atoms with E-state index in [4.69, 9.17) is 4.84 Å². The zero-order chi connectivity index (χ0) is 12.3. The Balaban J connectivity index is 2.29. The van der Waals surface area contributed by atoms with Gasteiger partial charge in [-0.15, -0.1) is 0 Å². The van der Waals surface area contributed by atoms with E-state index in [1.165, 1.54) is 11.8 Å². The summed E-state index contributed by atoms with van der Waals surface area (Å²) in [5.41, 5.74) is 3.24. The number of aryl methyl sites for hydroxylation is 1. The molecule has 0 saturated heterocycles. The molecule has 0 bridgehead atoms. The van der Waals surface area contributed by atoms with Crippen molar-refractivity contribution in [3.8, 4) is 5.88 Å². The maximum atomic E-state index is 5.47. The molecule has 1 aromatic heterocycles. The Morgan fingerprint density at radius 2 is 2.24 bits per heavy atom. The Bertz CT molecular complexity index is 446. The van der Waals surface area contributed by atoms with Gasteiger partial charge < -0.3 is 4.84 Å². The van der Waals surface area contributed by atoms with E-state index >= 15 is 0 Å². The SMILES string of the molecule is CCC(C)=NOc1nc(SC)nc2c1CCC2. The van der Waals surface area contributed by atoms with Gasteiger partial charge in [-0.05, 0) is 38.9 Å². The minimum atomic E-state index is 0.643. The van der Waals surface area contributed by atoms with Crippen LogP contribution in [0.2, 0.25) is 0 Å². The number of oxime groups is 1. The third-order valence-corrected chi connectivity index (χ3v) is 3.40. The van der Waals surface area contributed by atoms with Crippen molar-refractivity contribution in [2.24, 2.45) is 5.16 Å². The number of rotatable bonds is 4. The Morgan fingerprint density at radius 1 is 1.41 bits per heavy atom. The van der Waals surface area contributed by atoms with Crippen molar-refractivity contribution in [1.29, 1.82) is 0 Å². The fourth-order valence-electron chi connectivity index (χ4n) is 1.73. The summed E-state index contributed by atoms with van der Waals surface area (Å²) >= 11 is 1.54. The third-order valence-electron chi connectivity index (χ3n) is 2.86. The first-order valence-electron chi connectivity index (χ1n) is 5.88. The molecule has 1 aromatic rings. The molecular formula is C12H17N3OS. The monoisotopic (exact) mass is 251 g/mol. The number of hydrogen-bond donors (Lipinski definition) is 0. The minimum Gasteiger partial charge on any atom is -0.336 e. The van der Waals surface area contributed by atoms with E-state index in [1.807, 2.05) is 13.2 Å². The van der Waals surface area contributed by atoms with Gasteiger partial charge in [0.05, 0.1) is 11.4 Å². The van der Waals surface area contributed by atoms with Crippen LogP contribution in [-0.2, 0) is 12.8 Å². The van der Waals surface area contributed by atoms with Gasteiger partial charge in [0, 0.05) is 5.56 Å². The van der Waals surface area contributed by atoms with Gasteiger partial charge in [0.1, 0.15) is 0 Å². The highest BCUT2D eigenvalue weighted by atomic mass is 32.2. The number of fused-ring (bicyclic) bond motifs is 1. The molecule has 0 fully saturated rings. The second kappa shape index (κ2) is 5.49. The van der Waals surface area contributed by atoms with Crippen LogP contribution in [0.4, 0.5) is 0 Å². The zero-order valence-corrected chi connectivity index (χ0v) is 11.3. The lowest BCUT2D eigenvalue weighted by Gasteiger charge is -2.06. The summed E-state index contributed by atoms with van der Waals surface area (Å²) in [6.45, 7) is 4.01. The lowest BCUT2D eigenvalue weighted by molar-refractivity contribution is 0.318. The van der Waals surface area contributed by atoms with Crippen LogP contribution in [0.15, 0.2) is 10.3 Å². The molecule has 2 rings (SSSR count). The Hall–Kier alpha value is -1.10. The molecule has 5 heteroatoms. The van der Waals surface area contributed by atoms with E-state index in [0.29, 0.717) is 5.88 Å². The lowest BCUT2D eigenvalue weighted by Crippen LogP contribution is -2.01. The van der Waals surface area contributed by atoms with E-state index in [1.54, 1.807) is 0 Å². The Morgan fingerprint density at radius 3 is 2.94 bits per heavy atom. The maximum absolute atomic E-state index is 5.47. The van der Waals surface area contributed by atoms with E-state index in [0.717, 1.165) is 47.8 Å². The van der Waals surface area contributed by atoms with Crippen LogP contribution >= 0.6 is 11.8 Å².